The number of phenols is 5. The van der Waals surface area contributed by atoms with Crippen LogP contribution in [0.5, 0.6) is 46.0 Å². The molecule has 0 bridgehead atoms. The number of ether oxygens (including phenoxy) is 5. The Labute approximate surface area is 329 Å². The number of aliphatic hydroxyl groups is 8. The van der Waals surface area contributed by atoms with Crippen LogP contribution in [0.4, 0.5) is 0 Å². The summed E-state index contributed by atoms with van der Waals surface area (Å²) in [5.74, 6) is -2.59. The summed E-state index contributed by atoms with van der Waals surface area (Å²) in [5.41, 5.74) is 1.87. The van der Waals surface area contributed by atoms with E-state index in [0.717, 1.165) is 0 Å². The van der Waals surface area contributed by atoms with Crippen molar-refractivity contribution in [3.63, 3.8) is 0 Å². The van der Waals surface area contributed by atoms with Crippen molar-refractivity contribution in [2.24, 2.45) is 0 Å². The zero-order chi connectivity index (χ0) is 41.6. The Kier molecular flexibility index (Phi) is 11.6. The maximum absolute atomic E-state index is 11.3. The zero-order valence-corrected chi connectivity index (χ0v) is 30.2. The van der Waals surface area contributed by atoms with Gasteiger partial charge in [-0.15, -0.1) is 0 Å². The number of phenolic OH excluding ortho intramolecular Hbond substituents is 5. The Morgan fingerprint density at radius 1 is 0.517 bits per heavy atom. The molecule has 0 aliphatic carbocycles. The predicted molar refractivity (Wildman–Crippen MR) is 197 cm³/mol. The van der Waals surface area contributed by atoms with Gasteiger partial charge in [-0.3, -0.25) is 0 Å². The third-order valence-electron chi connectivity index (χ3n) is 10.2. The lowest BCUT2D eigenvalue weighted by Gasteiger charge is -2.39. The van der Waals surface area contributed by atoms with Gasteiger partial charge in [0.05, 0.1) is 19.1 Å². The molecule has 12 atom stereocenters. The number of fused-ring (bicyclic) bond motifs is 1. The monoisotopic (exact) mass is 810 g/mol. The molecule has 0 amide bonds. The maximum Gasteiger partial charge on any atom is 0.229 e. The molecule has 3 aliphatic rings. The first kappa shape index (κ1) is 40.8. The van der Waals surface area contributed by atoms with Crippen LogP contribution < -0.4 is 14.2 Å². The number of aromatic hydroxyl groups is 5. The van der Waals surface area contributed by atoms with Gasteiger partial charge < -0.3 is 90.1 Å². The lowest BCUT2D eigenvalue weighted by atomic mass is 9.84. The van der Waals surface area contributed by atoms with Gasteiger partial charge in [0.1, 0.15) is 77.9 Å². The van der Waals surface area contributed by atoms with Crippen LogP contribution in [0, 0.1) is 0 Å². The largest absolute Gasteiger partial charge is 0.508 e. The van der Waals surface area contributed by atoms with Crippen molar-refractivity contribution in [3.8, 4) is 46.0 Å². The minimum atomic E-state index is -1.75. The lowest BCUT2D eigenvalue weighted by molar-refractivity contribution is -0.277. The van der Waals surface area contributed by atoms with Gasteiger partial charge in [-0.25, -0.2) is 0 Å². The standard InChI is InChI=1S/C40H42O18/c41-14-28-31(48)33(50)35(52)39(56-28)54-22-6-16(5-20(43)12-22)1-2-17-7-24-30(37(58-38(24)27(47)8-17)18-3-4-25(45)26(46)11-18)19-9-21(44)13-23(10-19)55-40-36(53)34(51)32(49)29(15-42)57-40/h1-13,28-37,39-53H,14-15H2. The smallest absolute Gasteiger partial charge is 0.229 e. The summed E-state index contributed by atoms with van der Waals surface area (Å²) in [5, 5.41) is 134. The van der Waals surface area contributed by atoms with Crippen molar-refractivity contribution >= 4 is 12.2 Å². The molecule has 0 aromatic heterocycles. The van der Waals surface area contributed by atoms with E-state index in [2.05, 4.69) is 0 Å². The van der Waals surface area contributed by atoms with Gasteiger partial charge in [-0.2, -0.15) is 0 Å². The molecule has 0 spiro atoms. The lowest BCUT2D eigenvalue weighted by Crippen LogP contribution is -2.60. The fourth-order valence-corrected chi connectivity index (χ4v) is 7.22. The van der Waals surface area contributed by atoms with Crippen LogP contribution in [0.2, 0.25) is 0 Å². The van der Waals surface area contributed by atoms with Crippen LogP contribution in [0.3, 0.4) is 0 Å². The highest BCUT2D eigenvalue weighted by Crippen LogP contribution is 2.54. The molecule has 12 unspecified atom stereocenters. The van der Waals surface area contributed by atoms with Crippen LogP contribution >= 0.6 is 0 Å². The molecule has 58 heavy (non-hydrogen) atoms. The Balaban J connectivity index is 1.22. The number of benzene rings is 4. The molecule has 0 radical (unpaired) electrons. The van der Waals surface area contributed by atoms with Crippen molar-refractivity contribution in [2.75, 3.05) is 13.2 Å². The minimum absolute atomic E-state index is 0.000130. The van der Waals surface area contributed by atoms with E-state index in [-0.39, 0.29) is 34.5 Å². The molecule has 4 aromatic rings. The Morgan fingerprint density at radius 3 is 1.64 bits per heavy atom. The van der Waals surface area contributed by atoms with Crippen molar-refractivity contribution < 1.29 is 90.1 Å². The van der Waals surface area contributed by atoms with E-state index >= 15 is 0 Å². The predicted octanol–water partition coefficient (Wildman–Crippen LogP) is 0.00800. The normalized spacial score (nSPS) is 30.8. The first-order valence-electron chi connectivity index (χ1n) is 18.0. The van der Waals surface area contributed by atoms with Gasteiger partial charge in [0, 0.05) is 17.7 Å². The first-order valence-corrected chi connectivity index (χ1v) is 18.0. The average molecular weight is 811 g/mol. The molecular formula is C40H42O18. The molecule has 13 N–H and O–H groups in total. The second kappa shape index (κ2) is 16.5. The molecule has 0 saturated carbocycles. The molecule has 4 aromatic carbocycles. The van der Waals surface area contributed by atoms with Gasteiger partial charge in [0.25, 0.3) is 0 Å². The highest BCUT2D eigenvalue weighted by Gasteiger charge is 2.46. The Morgan fingerprint density at radius 2 is 1.07 bits per heavy atom. The molecule has 7 rings (SSSR count). The summed E-state index contributed by atoms with van der Waals surface area (Å²) in [6.45, 7) is -1.37. The second-order valence-corrected chi connectivity index (χ2v) is 14.2. The minimum Gasteiger partial charge on any atom is -0.508 e. The summed E-state index contributed by atoms with van der Waals surface area (Å²) >= 11 is 0. The summed E-state index contributed by atoms with van der Waals surface area (Å²) in [7, 11) is 0. The van der Waals surface area contributed by atoms with Crippen LogP contribution in [0.1, 0.15) is 39.8 Å². The fraction of sp³-hybridized carbons (Fsp3) is 0.350. The van der Waals surface area contributed by atoms with Gasteiger partial charge in [-0.05, 0) is 70.8 Å². The average Bonchev–Trinajstić information content (AvgIpc) is 3.58. The summed E-state index contributed by atoms with van der Waals surface area (Å²) in [4.78, 5) is 0. The van der Waals surface area contributed by atoms with Crippen LogP contribution in [-0.2, 0) is 9.47 Å². The summed E-state index contributed by atoms with van der Waals surface area (Å²) < 4.78 is 28.6. The highest BCUT2D eigenvalue weighted by atomic mass is 16.7. The third-order valence-corrected chi connectivity index (χ3v) is 10.2. The van der Waals surface area contributed by atoms with Gasteiger partial charge in [0.15, 0.2) is 23.0 Å². The second-order valence-electron chi connectivity index (χ2n) is 14.2. The molecule has 18 nitrogen and oxygen atoms in total. The third kappa shape index (κ3) is 8.03. The van der Waals surface area contributed by atoms with Crippen molar-refractivity contribution in [3.05, 3.63) is 94.5 Å². The fourth-order valence-electron chi connectivity index (χ4n) is 7.22. The Bertz CT molecular complexity index is 2140. The van der Waals surface area contributed by atoms with Gasteiger partial charge >= 0.3 is 0 Å². The molecule has 3 aliphatic heterocycles. The molecule has 310 valence electrons. The van der Waals surface area contributed by atoms with Crippen molar-refractivity contribution in [2.45, 2.75) is 73.4 Å². The van der Waals surface area contributed by atoms with E-state index in [1.54, 1.807) is 18.2 Å². The highest BCUT2D eigenvalue weighted by molar-refractivity contribution is 5.74. The van der Waals surface area contributed by atoms with E-state index < -0.39 is 98.1 Å². The summed E-state index contributed by atoms with van der Waals surface area (Å²) in [6, 6.07) is 15.2. The molecule has 2 fully saturated rings. The van der Waals surface area contributed by atoms with Crippen molar-refractivity contribution in [1.29, 1.82) is 0 Å². The van der Waals surface area contributed by atoms with Crippen molar-refractivity contribution in [1.82, 2.24) is 0 Å². The van der Waals surface area contributed by atoms with Gasteiger partial charge in [0.2, 0.25) is 12.6 Å². The van der Waals surface area contributed by atoms with Crippen LogP contribution in [0.25, 0.3) is 12.2 Å². The Hall–Kier alpha value is -5.38. The quantitative estimate of drug-likeness (QED) is 0.0741. The SMILES string of the molecule is OCC1OC(Oc2cc(O)cc(C=Cc3cc(O)c4c(c3)C(c3cc(O)cc(OC5OC(CO)C(O)C(O)C5O)c3)C(c3ccc(O)c(O)c3)O4)c2)C(O)C(O)C1O. The van der Waals surface area contributed by atoms with Gasteiger partial charge in [-0.1, -0.05) is 18.2 Å². The van der Waals surface area contributed by atoms with E-state index in [4.69, 9.17) is 23.7 Å². The first-order chi connectivity index (χ1) is 27.6. The summed E-state index contributed by atoms with van der Waals surface area (Å²) in [6.07, 6.45) is -13.5. The number of hydrogen-bond acceptors (Lipinski definition) is 18. The van der Waals surface area contributed by atoms with E-state index in [0.29, 0.717) is 27.8 Å². The molecule has 18 heteroatoms. The molecular weight excluding hydrogens is 768 g/mol. The van der Waals surface area contributed by atoms with Crippen LogP contribution in [-0.4, -0.2) is 141 Å². The van der Waals surface area contributed by atoms with E-state index in [9.17, 15) is 66.4 Å². The van der Waals surface area contributed by atoms with E-state index in [1.165, 1.54) is 60.7 Å². The molecule has 2 saturated heterocycles. The van der Waals surface area contributed by atoms with Crippen LogP contribution in [0.15, 0.2) is 66.7 Å². The number of aliphatic hydroxyl groups excluding tert-OH is 8. The number of rotatable bonds is 10. The molecule has 3 heterocycles. The maximum atomic E-state index is 11.3. The zero-order valence-electron chi connectivity index (χ0n) is 30.2. The van der Waals surface area contributed by atoms with E-state index in [1.807, 2.05) is 0 Å². The topological polar surface area (TPSA) is 309 Å². The number of hydrogen-bond donors (Lipinski definition) is 13.